The molecule has 0 atom stereocenters. The molecule has 1 fully saturated rings. The lowest BCUT2D eigenvalue weighted by atomic mass is 10.2. The monoisotopic (exact) mass is 555 g/mol. The number of rotatable bonds is 3. The van der Waals surface area contributed by atoms with Crippen LogP contribution in [0.5, 0.6) is 0 Å². The molecule has 0 N–H and O–H groups in total. The van der Waals surface area contributed by atoms with Crippen molar-refractivity contribution in [2.75, 3.05) is 18.0 Å². The van der Waals surface area contributed by atoms with Gasteiger partial charge in [0, 0.05) is 15.2 Å². The number of benzene rings is 1. The van der Waals surface area contributed by atoms with Crippen molar-refractivity contribution in [3.63, 3.8) is 0 Å². The molecule has 2 aromatic heterocycles. The van der Waals surface area contributed by atoms with Gasteiger partial charge in [-0.2, -0.15) is 17.6 Å². The zero-order valence-electron chi connectivity index (χ0n) is 15.3. The number of morpholine rings is 1. The number of halogens is 5. The molecule has 1 aliphatic rings. The van der Waals surface area contributed by atoms with E-state index in [4.69, 9.17) is 0 Å². The van der Waals surface area contributed by atoms with Crippen molar-refractivity contribution in [2.24, 2.45) is 0 Å². The van der Waals surface area contributed by atoms with Crippen LogP contribution in [-0.2, 0) is 14.8 Å². The van der Waals surface area contributed by atoms with Gasteiger partial charge in [-0.1, -0.05) is 17.7 Å². The Kier molecular flexibility index (Phi) is 5.01. The first-order chi connectivity index (χ1) is 13.9. The molecule has 1 aliphatic heterocycles. The molecule has 12 heteroatoms. The molecular formula is C18H14F4IN3O3S. The summed E-state index contributed by atoms with van der Waals surface area (Å²) in [5.41, 5.74) is 0.965. The van der Waals surface area contributed by atoms with Gasteiger partial charge in [-0.3, -0.25) is 4.74 Å². The molecule has 0 bridgehead atoms. The first-order valence-electron chi connectivity index (χ1n) is 8.58. The van der Waals surface area contributed by atoms with Crippen LogP contribution in [0.2, 0.25) is 0 Å². The van der Waals surface area contributed by atoms with Gasteiger partial charge in [0.2, 0.25) is 0 Å². The van der Waals surface area contributed by atoms with Gasteiger partial charge in [0.25, 0.3) is 10.0 Å². The number of ether oxygens (including phenoxy) is 1. The Bertz CT molecular complexity index is 1210. The van der Waals surface area contributed by atoms with Crippen LogP contribution < -0.4 is 4.90 Å². The molecule has 160 valence electrons. The normalized spacial score (nSPS) is 18.7. The highest BCUT2D eigenvalue weighted by Gasteiger charge is 2.51. The standard InChI is InChI=1S/C18H14F4IN3O3S/c1-11-2-4-13(5-3-11)30(27,28)26-8-15(23)14-6-12(7-24-16(14)26)25-9-17(19,20)29-18(21,22)10-25/h2-8H,9-10H2,1H3. The summed E-state index contributed by atoms with van der Waals surface area (Å²) >= 11 is 1.88. The predicted octanol–water partition coefficient (Wildman–Crippen LogP) is 4.21. The number of pyridine rings is 1. The van der Waals surface area contributed by atoms with Crippen molar-refractivity contribution >= 4 is 49.3 Å². The third-order valence-corrected chi connectivity index (χ3v) is 7.06. The van der Waals surface area contributed by atoms with E-state index in [1.54, 1.807) is 12.1 Å². The van der Waals surface area contributed by atoms with E-state index in [0.29, 0.717) is 8.96 Å². The van der Waals surface area contributed by atoms with Crippen LogP contribution in [0.25, 0.3) is 11.0 Å². The van der Waals surface area contributed by atoms with Crippen molar-refractivity contribution in [3.05, 3.63) is 51.9 Å². The summed E-state index contributed by atoms with van der Waals surface area (Å²) in [6.07, 6.45) is -5.63. The third-order valence-electron chi connectivity index (χ3n) is 4.54. The number of fused-ring (bicyclic) bond motifs is 1. The van der Waals surface area contributed by atoms with Gasteiger partial charge in [0.15, 0.2) is 5.65 Å². The Balaban J connectivity index is 1.78. The maximum Gasteiger partial charge on any atom is 0.377 e. The lowest BCUT2D eigenvalue weighted by Crippen LogP contribution is -2.55. The van der Waals surface area contributed by atoms with E-state index in [1.165, 1.54) is 24.4 Å². The first-order valence-corrected chi connectivity index (χ1v) is 11.1. The molecule has 0 unspecified atom stereocenters. The van der Waals surface area contributed by atoms with Crippen LogP contribution in [0, 0.1) is 10.5 Å². The Morgan fingerprint density at radius 2 is 1.70 bits per heavy atom. The van der Waals surface area contributed by atoms with Gasteiger partial charge < -0.3 is 4.90 Å². The highest BCUT2D eigenvalue weighted by Crippen LogP contribution is 2.37. The van der Waals surface area contributed by atoms with Crippen LogP contribution in [0.1, 0.15) is 5.56 Å². The van der Waals surface area contributed by atoms with Gasteiger partial charge >= 0.3 is 12.2 Å². The highest BCUT2D eigenvalue weighted by atomic mass is 127. The lowest BCUT2D eigenvalue weighted by Gasteiger charge is -2.37. The number of aromatic nitrogens is 2. The Labute approximate surface area is 182 Å². The van der Waals surface area contributed by atoms with E-state index in [9.17, 15) is 26.0 Å². The number of hydrogen-bond donors (Lipinski definition) is 0. The van der Waals surface area contributed by atoms with Gasteiger partial charge in [0.1, 0.15) is 13.1 Å². The maximum absolute atomic E-state index is 13.6. The average Bonchev–Trinajstić information content (AvgIpc) is 2.96. The fourth-order valence-corrected chi connectivity index (χ4v) is 5.37. The molecule has 1 saturated heterocycles. The van der Waals surface area contributed by atoms with Crippen LogP contribution in [0.15, 0.2) is 47.6 Å². The second kappa shape index (κ2) is 7.05. The lowest BCUT2D eigenvalue weighted by molar-refractivity contribution is -0.380. The molecule has 3 heterocycles. The Morgan fingerprint density at radius 3 is 2.30 bits per heavy atom. The van der Waals surface area contributed by atoms with Crippen LogP contribution >= 0.6 is 22.6 Å². The summed E-state index contributed by atoms with van der Waals surface area (Å²) in [6, 6.07) is 7.62. The van der Waals surface area contributed by atoms with Crippen LogP contribution in [0.3, 0.4) is 0 Å². The number of alkyl halides is 4. The summed E-state index contributed by atoms with van der Waals surface area (Å²) in [4.78, 5) is 4.91. The molecule has 0 saturated carbocycles. The van der Waals surface area contributed by atoms with Crippen molar-refractivity contribution in [2.45, 2.75) is 24.0 Å². The summed E-state index contributed by atoms with van der Waals surface area (Å²) < 4.78 is 85.2. The van der Waals surface area contributed by atoms with E-state index in [2.05, 4.69) is 9.72 Å². The fourth-order valence-electron chi connectivity index (χ4n) is 3.18. The second-order valence-corrected chi connectivity index (χ2v) is 9.87. The summed E-state index contributed by atoms with van der Waals surface area (Å²) in [6.45, 7) is -0.324. The molecule has 1 aromatic carbocycles. The predicted molar refractivity (Wildman–Crippen MR) is 109 cm³/mol. The SMILES string of the molecule is Cc1ccc(S(=O)(=O)n2cc(I)c3cc(N4CC(F)(F)OC(F)(F)C4)cnc32)cc1. The summed E-state index contributed by atoms with van der Waals surface area (Å²) in [7, 11) is -3.96. The van der Waals surface area contributed by atoms with Crippen molar-refractivity contribution < 1.29 is 30.7 Å². The summed E-state index contributed by atoms with van der Waals surface area (Å²) in [5.74, 6) is 0. The molecule has 4 rings (SSSR count). The topological polar surface area (TPSA) is 64.4 Å². The number of aryl methyl sites for hydroxylation is 1. The third kappa shape index (κ3) is 3.87. The number of nitrogens with zero attached hydrogens (tertiary/aromatic N) is 3. The van der Waals surface area contributed by atoms with Crippen molar-refractivity contribution in [1.82, 2.24) is 8.96 Å². The van der Waals surface area contributed by atoms with Crippen LogP contribution in [0.4, 0.5) is 23.2 Å². The zero-order valence-corrected chi connectivity index (χ0v) is 18.3. The van der Waals surface area contributed by atoms with E-state index in [1.807, 2.05) is 29.5 Å². The van der Waals surface area contributed by atoms with Gasteiger partial charge in [-0.15, -0.1) is 0 Å². The van der Waals surface area contributed by atoms with E-state index < -0.39 is 35.3 Å². The van der Waals surface area contributed by atoms with E-state index in [0.717, 1.165) is 20.6 Å². The second-order valence-electron chi connectivity index (χ2n) is 6.89. The molecule has 0 aliphatic carbocycles. The number of hydrogen-bond acceptors (Lipinski definition) is 5. The van der Waals surface area contributed by atoms with Crippen molar-refractivity contribution in [3.8, 4) is 0 Å². The van der Waals surface area contributed by atoms with Gasteiger partial charge in [0.05, 0.1) is 16.8 Å². The summed E-state index contributed by atoms with van der Waals surface area (Å²) in [5, 5.41) is 0.335. The number of anilines is 1. The minimum Gasteiger partial charge on any atom is -0.353 e. The van der Waals surface area contributed by atoms with Gasteiger partial charge in [-0.05, 0) is 47.7 Å². The highest BCUT2D eigenvalue weighted by molar-refractivity contribution is 14.1. The minimum absolute atomic E-state index is 0.00792. The van der Waals surface area contributed by atoms with E-state index in [-0.39, 0.29) is 16.2 Å². The van der Waals surface area contributed by atoms with Gasteiger partial charge in [-0.25, -0.2) is 17.4 Å². The van der Waals surface area contributed by atoms with E-state index >= 15 is 0 Å². The Hall–Kier alpha value is -1.93. The zero-order chi connectivity index (χ0) is 21.9. The smallest absolute Gasteiger partial charge is 0.353 e. The fraction of sp³-hybridized carbons (Fsp3) is 0.278. The largest absolute Gasteiger partial charge is 0.377 e. The molecule has 0 spiro atoms. The van der Waals surface area contributed by atoms with Crippen molar-refractivity contribution in [1.29, 1.82) is 0 Å². The molecule has 0 radical (unpaired) electrons. The first kappa shape index (κ1) is 21.3. The molecule has 6 nitrogen and oxygen atoms in total. The Morgan fingerprint density at radius 1 is 1.10 bits per heavy atom. The van der Waals surface area contributed by atoms with Crippen LogP contribution in [-0.4, -0.2) is 42.7 Å². The molecule has 30 heavy (non-hydrogen) atoms. The maximum atomic E-state index is 13.6. The average molecular weight is 555 g/mol. The minimum atomic E-state index is -4.04. The molecule has 3 aromatic rings. The quantitative estimate of drug-likeness (QED) is 0.358. The molecule has 0 amide bonds. The molecular weight excluding hydrogens is 541 g/mol.